The average Bonchev–Trinajstić information content (AvgIpc) is 2.68. The molecule has 1 amide bonds. The molecule has 0 saturated carbocycles. The summed E-state index contributed by atoms with van der Waals surface area (Å²) < 4.78 is 11.7. The molecule has 0 bridgehead atoms. The molecule has 1 aromatic carbocycles. The summed E-state index contributed by atoms with van der Waals surface area (Å²) in [6.45, 7) is 5.56. The zero-order chi connectivity index (χ0) is 14.9. The lowest BCUT2D eigenvalue weighted by Gasteiger charge is -2.22. The quantitative estimate of drug-likeness (QED) is 0.885. The molecule has 0 heterocycles. The van der Waals surface area contributed by atoms with Crippen LogP contribution in [-0.4, -0.2) is 18.8 Å². The number of alkyl carbamates (subject to hydrolysis) is 1. The van der Waals surface area contributed by atoms with Crippen molar-refractivity contribution in [2.75, 3.05) is 7.11 Å². The van der Waals surface area contributed by atoms with Crippen LogP contribution in [0.1, 0.15) is 44.4 Å². The highest BCUT2D eigenvalue weighted by atomic mass is 79.9. The zero-order valence-corrected chi connectivity index (χ0v) is 13.8. The number of carbonyl (C=O) groups excluding carboxylic acids is 1. The Hall–Kier alpha value is -1.23. The van der Waals surface area contributed by atoms with E-state index >= 15 is 0 Å². The minimum atomic E-state index is -0.491. The van der Waals surface area contributed by atoms with E-state index in [0.717, 1.165) is 28.6 Å². The van der Waals surface area contributed by atoms with Crippen molar-refractivity contribution in [3.8, 4) is 5.75 Å². The van der Waals surface area contributed by atoms with Crippen molar-refractivity contribution in [2.24, 2.45) is 0 Å². The number of methoxy groups -OCH3 is 1. The van der Waals surface area contributed by atoms with Gasteiger partial charge >= 0.3 is 6.09 Å². The predicted molar refractivity (Wildman–Crippen MR) is 81.1 cm³/mol. The summed E-state index contributed by atoms with van der Waals surface area (Å²) >= 11 is 3.48. The van der Waals surface area contributed by atoms with Gasteiger partial charge in [-0.2, -0.15) is 0 Å². The standard InChI is InChI=1S/C15H20BrNO3/c1-15(2,3)20-14(18)17-11-6-5-9-7-10(16)8-12(19-4)13(9)11/h7-8,11H,5-6H2,1-4H3,(H,17,18)/t11-/m1/s1. The number of carbonyl (C=O) groups is 1. The lowest BCUT2D eigenvalue weighted by Crippen LogP contribution is -2.34. The van der Waals surface area contributed by atoms with Crippen LogP contribution in [0.4, 0.5) is 4.79 Å². The second-order valence-corrected chi connectivity index (χ2v) is 6.83. The number of halogens is 1. The molecule has 0 fully saturated rings. The minimum absolute atomic E-state index is 0.0529. The van der Waals surface area contributed by atoms with Crippen LogP contribution in [0.25, 0.3) is 0 Å². The summed E-state index contributed by atoms with van der Waals surface area (Å²) in [5.74, 6) is 0.799. The lowest BCUT2D eigenvalue weighted by molar-refractivity contribution is 0.0503. The van der Waals surface area contributed by atoms with E-state index in [9.17, 15) is 4.79 Å². The monoisotopic (exact) mass is 341 g/mol. The van der Waals surface area contributed by atoms with Gasteiger partial charge < -0.3 is 14.8 Å². The molecule has 5 heteroatoms. The van der Waals surface area contributed by atoms with Crippen molar-refractivity contribution < 1.29 is 14.3 Å². The number of rotatable bonds is 2. The Morgan fingerprint density at radius 1 is 1.40 bits per heavy atom. The molecular weight excluding hydrogens is 322 g/mol. The Bertz CT molecular complexity index is 523. The number of ether oxygens (including phenoxy) is 2. The first-order chi connectivity index (χ1) is 9.30. The van der Waals surface area contributed by atoms with Gasteiger partial charge in [-0.3, -0.25) is 0 Å². The molecule has 4 nitrogen and oxygen atoms in total. The number of nitrogens with one attached hydrogen (secondary N) is 1. The number of aryl methyl sites for hydroxylation is 1. The fourth-order valence-electron chi connectivity index (χ4n) is 2.46. The molecule has 1 aliphatic rings. The molecule has 1 aliphatic carbocycles. The third kappa shape index (κ3) is 3.45. The highest BCUT2D eigenvalue weighted by Crippen LogP contribution is 2.40. The van der Waals surface area contributed by atoms with Crippen molar-refractivity contribution >= 4 is 22.0 Å². The maximum Gasteiger partial charge on any atom is 0.408 e. The molecule has 0 radical (unpaired) electrons. The topological polar surface area (TPSA) is 47.6 Å². The third-order valence-electron chi connectivity index (χ3n) is 3.15. The predicted octanol–water partition coefficient (Wildman–Crippen LogP) is 3.97. The normalized spacial score (nSPS) is 17.6. The van der Waals surface area contributed by atoms with Gasteiger partial charge in [-0.05, 0) is 51.3 Å². The lowest BCUT2D eigenvalue weighted by atomic mass is 10.1. The summed E-state index contributed by atoms with van der Waals surface area (Å²) in [6.07, 6.45) is 1.40. The van der Waals surface area contributed by atoms with Crippen LogP contribution in [0.15, 0.2) is 16.6 Å². The summed E-state index contributed by atoms with van der Waals surface area (Å²) in [6, 6.07) is 3.95. The number of amides is 1. The molecule has 110 valence electrons. The molecule has 0 aliphatic heterocycles. The first-order valence-corrected chi connectivity index (χ1v) is 7.45. The largest absolute Gasteiger partial charge is 0.496 e. The van der Waals surface area contributed by atoms with Crippen LogP contribution >= 0.6 is 15.9 Å². The number of fused-ring (bicyclic) bond motifs is 1. The van der Waals surface area contributed by atoms with E-state index in [2.05, 4.69) is 27.3 Å². The van der Waals surface area contributed by atoms with E-state index in [0.29, 0.717) is 0 Å². The molecular formula is C15H20BrNO3. The highest BCUT2D eigenvalue weighted by Gasteiger charge is 2.29. The van der Waals surface area contributed by atoms with E-state index in [1.165, 1.54) is 5.56 Å². The molecule has 2 rings (SSSR count). The zero-order valence-electron chi connectivity index (χ0n) is 12.2. The summed E-state index contributed by atoms with van der Waals surface area (Å²) in [4.78, 5) is 11.9. The minimum Gasteiger partial charge on any atom is -0.496 e. The molecule has 0 aromatic heterocycles. The molecule has 1 atom stereocenters. The Morgan fingerprint density at radius 2 is 2.10 bits per heavy atom. The van der Waals surface area contributed by atoms with Crippen molar-refractivity contribution in [1.82, 2.24) is 5.32 Å². The summed E-state index contributed by atoms with van der Waals surface area (Å²) in [5, 5.41) is 2.93. The summed E-state index contributed by atoms with van der Waals surface area (Å²) in [5.41, 5.74) is 1.77. The van der Waals surface area contributed by atoms with Gasteiger partial charge in [-0.15, -0.1) is 0 Å². The van der Waals surface area contributed by atoms with Crippen LogP contribution in [0, 0.1) is 0 Å². The van der Waals surface area contributed by atoms with Crippen LogP contribution < -0.4 is 10.1 Å². The van der Waals surface area contributed by atoms with Gasteiger partial charge in [-0.25, -0.2) is 4.79 Å². The van der Waals surface area contributed by atoms with Crippen LogP contribution in [-0.2, 0) is 11.2 Å². The third-order valence-corrected chi connectivity index (χ3v) is 3.61. The van der Waals surface area contributed by atoms with E-state index in [1.54, 1.807) is 7.11 Å². The fraction of sp³-hybridized carbons (Fsp3) is 0.533. The molecule has 1 N–H and O–H groups in total. The first-order valence-electron chi connectivity index (χ1n) is 6.66. The number of hydrogen-bond acceptors (Lipinski definition) is 3. The Labute approximate surface area is 128 Å². The fourth-order valence-corrected chi connectivity index (χ4v) is 2.94. The SMILES string of the molecule is COc1cc(Br)cc2c1[C@H](NC(=O)OC(C)(C)C)CC2. The second-order valence-electron chi connectivity index (χ2n) is 5.92. The molecule has 0 unspecified atom stereocenters. The van der Waals surface area contributed by atoms with Gasteiger partial charge in [0.2, 0.25) is 0 Å². The number of hydrogen-bond donors (Lipinski definition) is 1. The van der Waals surface area contributed by atoms with Gasteiger partial charge in [0.15, 0.2) is 0 Å². The average molecular weight is 342 g/mol. The van der Waals surface area contributed by atoms with E-state index in [4.69, 9.17) is 9.47 Å². The first kappa shape index (κ1) is 15.2. The van der Waals surface area contributed by atoms with E-state index in [-0.39, 0.29) is 12.1 Å². The van der Waals surface area contributed by atoms with Crippen LogP contribution in [0.5, 0.6) is 5.75 Å². The highest BCUT2D eigenvalue weighted by molar-refractivity contribution is 9.10. The Morgan fingerprint density at radius 3 is 2.70 bits per heavy atom. The van der Waals surface area contributed by atoms with Crippen molar-refractivity contribution in [3.05, 3.63) is 27.7 Å². The number of benzene rings is 1. The van der Waals surface area contributed by atoms with Crippen LogP contribution in [0.3, 0.4) is 0 Å². The molecule has 1 aromatic rings. The van der Waals surface area contributed by atoms with Gasteiger partial charge in [0.05, 0.1) is 13.2 Å². The van der Waals surface area contributed by atoms with Gasteiger partial charge in [0.1, 0.15) is 11.4 Å². The van der Waals surface area contributed by atoms with Gasteiger partial charge in [-0.1, -0.05) is 15.9 Å². The molecule has 0 spiro atoms. The molecule has 0 saturated heterocycles. The van der Waals surface area contributed by atoms with Crippen molar-refractivity contribution in [2.45, 2.75) is 45.3 Å². The Kier molecular flexibility index (Phi) is 4.28. The maximum atomic E-state index is 11.9. The van der Waals surface area contributed by atoms with Gasteiger partial charge in [0, 0.05) is 10.0 Å². The smallest absolute Gasteiger partial charge is 0.408 e. The van der Waals surface area contributed by atoms with E-state index < -0.39 is 5.60 Å². The van der Waals surface area contributed by atoms with Crippen molar-refractivity contribution in [3.63, 3.8) is 0 Å². The Balaban J connectivity index is 2.18. The van der Waals surface area contributed by atoms with E-state index in [1.807, 2.05) is 26.8 Å². The molecule has 20 heavy (non-hydrogen) atoms. The summed E-state index contributed by atoms with van der Waals surface area (Å²) in [7, 11) is 1.64. The second kappa shape index (κ2) is 5.64. The van der Waals surface area contributed by atoms with Crippen LogP contribution in [0.2, 0.25) is 0 Å². The maximum absolute atomic E-state index is 11.9. The van der Waals surface area contributed by atoms with Gasteiger partial charge in [0.25, 0.3) is 0 Å². The van der Waals surface area contributed by atoms with Crippen molar-refractivity contribution in [1.29, 1.82) is 0 Å².